The van der Waals surface area contributed by atoms with Crippen LogP contribution in [-0.4, -0.2) is 147 Å². The van der Waals surface area contributed by atoms with E-state index in [-0.39, 0.29) is 65.1 Å². The summed E-state index contributed by atoms with van der Waals surface area (Å²) in [6, 6.07) is 12.3. The van der Waals surface area contributed by atoms with Gasteiger partial charge in [0.15, 0.2) is 5.82 Å². The molecule has 6 fully saturated rings. The van der Waals surface area contributed by atoms with Crippen molar-refractivity contribution >= 4 is 56.4 Å². The topological polar surface area (TPSA) is 169 Å². The number of hydrogen-bond donors (Lipinski definition) is 1. The normalized spacial score (nSPS) is 22.8. The predicted octanol–water partition coefficient (Wildman–Crippen LogP) is 7.37. The number of nitrogens with one attached hydrogen (secondary N) is 1. The number of halogens is 2. The van der Waals surface area contributed by atoms with E-state index < -0.39 is 23.6 Å². The van der Waals surface area contributed by atoms with Crippen LogP contribution in [0.2, 0.25) is 0 Å². The summed E-state index contributed by atoms with van der Waals surface area (Å²) >= 11 is 0. The molecular weight excluding hydrogens is 999 g/mol. The first-order valence-electron chi connectivity index (χ1n) is 27.8. The van der Waals surface area contributed by atoms with Gasteiger partial charge in [0, 0.05) is 69.4 Å². The maximum atomic E-state index is 17.3. The number of aromatic nitrogens is 5. The van der Waals surface area contributed by atoms with Crippen LogP contribution >= 0.6 is 0 Å². The summed E-state index contributed by atoms with van der Waals surface area (Å²) in [5.74, 6) is 5.19. The van der Waals surface area contributed by atoms with Crippen LogP contribution in [0.15, 0.2) is 53.5 Å². The van der Waals surface area contributed by atoms with Crippen LogP contribution in [0.3, 0.4) is 0 Å². The van der Waals surface area contributed by atoms with E-state index in [1.165, 1.54) is 16.2 Å². The van der Waals surface area contributed by atoms with Crippen molar-refractivity contribution < 1.29 is 37.4 Å². The highest BCUT2D eigenvalue weighted by Crippen LogP contribution is 2.44. The molecule has 78 heavy (non-hydrogen) atoms. The fourth-order valence-electron chi connectivity index (χ4n) is 13.5. The minimum Gasteiger partial charge on any atom is -0.461 e. The third-order valence-corrected chi connectivity index (χ3v) is 17.7. The number of anilines is 1. The molecular formula is C59H66F2N10O7. The number of morpholine rings is 1. The zero-order valence-corrected chi connectivity index (χ0v) is 44.6. The second-order valence-corrected chi connectivity index (χ2v) is 22.3. The van der Waals surface area contributed by atoms with Crippen LogP contribution in [-0.2, 0) is 26.1 Å². The lowest BCUT2D eigenvalue weighted by atomic mass is 9.88. The Bertz CT molecular complexity index is 3480. The van der Waals surface area contributed by atoms with Gasteiger partial charge in [0.1, 0.15) is 42.1 Å². The first-order chi connectivity index (χ1) is 37.9. The summed E-state index contributed by atoms with van der Waals surface area (Å²) in [5.41, 5.74) is 3.69. The quantitative estimate of drug-likeness (QED) is 0.101. The highest BCUT2D eigenvalue weighted by molar-refractivity contribution is 6.03. The molecule has 3 aromatic carbocycles. The minimum absolute atomic E-state index is 0.0385. The Hall–Kier alpha value is -7.01. The summed E-state index contributed by atoms with van der Waals surface area (Å²) in [7, 11) is 1.74. The van der Waals surface area contributed by atoms with Crippen LogP contribution in [0.1, 0.15) is 99.8 Å². The van der Waals surface area contributed by atoms with Crippen molar-refractivity contribution in [2.45, 2.75) is 102 Å². The van der Waals surface area contributed by atoms with Crippen molar-refractivity contribution in [3.05, 3.63) is 87.5 Å². The fourth-order valence-corrected chi connectivity index (χ4v) is 13.5. The van der Waals surface area contributed by atoms with E-state index in [1.807, 2.05) is 34.9 Å². The van der Waals surface area contributed by atoms with E-state index in [2.05, 4.69) is 44.1 Å². The number of carbonyl (C=O) groups excluding carboxylic acids is 3. The van der Waals surface area contributed by atoms with Gasteiger partial charge in [-0.25, -0.2) is 18.4 Å². The van der Waals surface area contributed by atoms with Gasteiger partial charge in [-0.3, -0.25) is 33.9 Å². The van der Waals surface area contributed by atoms with E-state index in [9.17, 15) is 19.2 Å². The van der Waals surface area contributed by atoms with Gasteiger partial charge in [-0.15, -0.1) is 5.92 Å². The number of amides is 3. The molecule has 0 bridgehead atoms. The lowest BCUT2D eigenvalue weighted by Crippen LogP contribution is -2.48. The molecule has 19 heteroatoms. The molecule has 0 spiro atoms. The molecule has 12 rings (SSSR count). The number of piperidine rings is 3. The Balaban J connectivity index is 0.658. The van der Waals surface area contributed by atoms with Crippen LogP contribution in [0, 0.1) is 36.3 Å². The number of carbonyl (C=O) groups is 3. The van der Waals surface area contributed by atoms with Crippen molar-refractivity contribution in [3.63, 3.8) is 0 Å². The highest BCUT2D eigenvalue weighted by Gasteiger charge is 2.50. The molecule has 6 aliphatic heterocycles. The molecule has 1 N–H and O–H groups in total. The average Bonchev–Trinajstić information content (AvgIpc) is 4.14. The molecule has 0 aliphatic carbocycles. The molecule has 0 saturated carbocycles. The Labute approximate surface area is 451 Å². The molecule has 3 aromatic heterocycles. The monoisotopic (exact) mass is 1060 g/mol. The van der Waals surface area contributed by atoms with Crippen LogP contribution in [0.25, 0.3) is 44.0 Å². The largest absolute Gasteiger partial charge is 0.461 e. The zero-order chi connectivity index (χ0) is 53.8. The zero-order valence-electron chi connectivity index (χ0n) is 44.6. The number of benzene rings is 3. The third kappa shape index (κ3) is 9.63. The van der Waals surface area contributed by atoms with Gasteiger partial charge in [-0.1, -0.05) is 24.1 Å². The molecule has 408 valence electrons. The van der Waals surface area contributed by atoms with Gasteiger partial charge in [-0.05, 0) is 144 Å². The molecule has 3 amide bonds. The fraction of sp³-hybridized carbons (Fsp3) is 0.508. The molecule has 9 heterocycles. The second kappa shape index (κ2) is 21.3. The predicted molar refractivity (Wildman–Crippen MR) is 290 cm³/mol. The first kappa shape index (κ1) is 51.7. The SMILES string of the molecule is CC#Cc1c(F)ccc2cc(C)cc(-c3ncc4c(N5CCOCC5)nc(OC[C@@]56CCCN5[C@H](COC(=O)N5CCC(CN7CCC(c8ccc9c(c8)n(C)c(=O)n9C8CCC(=O)NC8=O)CC7)CC5)CC6)nc4c3F)c12. The molecule has 3 atom stereocenters. The van der Waals surface area contributed by atoms with Crippen molar-refractivity contribution in [1.82, 2.24) is 44.1 Å². The Kier molecular flexibility index (Phi) is 14.1. The number of likely N-dealkylation sites (tertiary alicyclic amines) is 2. The lowest BCUT2D eigenvalue weighted by molar-refractivity contribution is -0.135. The summed E-state index contributed by atoms with van der Waals surface area (Å²) < 4.78 is 54.1. The number of rotatable bonds is 11. The number of ether oxygens (including phenoxy) is 3. The molecule has 6 saturated heterocycles. The standard InChI is InChI=1S/C59H66F2N10O7/c1-4-6-42-45(60)9-7-40-29-36(2)30-43(50(40)42)52-51(61)53-44(32-62-52)54(68-25-27-76-28-26-68)65-56(64-53)78-35-59-18-5-20-70(59)41(13-19-59)34-77-58(75)69-23-14-37(15-24-69)33-67-21-16-38(17-22-67)39-8-10-46-48(31-39)66(3)57(74)71(46)47-11-12-49(72)63-55(47)73/h7-10,29-32,37-38,41,47H,5,11-28,33-35H2,1-3H3,(H,63,72,73)/t41-,47?,59-/m0/s1. The summed E-state index contributed by atoms with van der Waals surface area (Å²) in [6.07, 6.45) is 9.26. The second-order valence-electron chi connectivity index (χ2n) is 22.3. The molecule has 1 unspecified atom stereocenters. The molecule has 6 aromatic rings. The maximum Gasteiger partial charge on any atom is 0.409 e. The number of pyridine rings is 1. The third-order valence-electron chi connectivity index (χ3n) is 17.7. The summed E-state index contributed by atoms with van der Waals surface area (Å²) in [6.45, 7) is 11.3. The number of hydrogen-bond acceptors (Lipinski definition) is 13. The molecule has 17 nitrogen and oxygen atoms in total. The van der Waals surface area contributed by atoms with Gasteiger partial charge in [0.05, 0.1) is 40.7 Å². The van der Waals surface area contributed by atoms with Crippen LogP contribution in [0.5, 0.6) is 6.01 Å². The Morgan fingerprint density at radius 3 is 2.50 bits per heavy atom. The van der Waals surface area contributed by atoms with Crippen molar-refractivity contribution in [3.8, 4) is 29.1 Å². The van der Waals surface area contributed by atoms with Crippen LogP contribution in [0.4, 0.5) is 19.4 Å². The number of aryl methyl sites for hydroxylation is 2. The number of imidazole rings is 1. The Morgan fingerprint density at radius 1 is 0.910 bits per heavy atom. The number of nitrogens with zero attached hydrogens (tertiary/aromatic N) is 9. The van der Waals surface area contributed by atoms with Crippen molar-refractivity contribution in [2.75, 3.05) is 83.7 Å². The van der Waals surface area contributed by atoms with Gasteiger partial charge in [0.2, 0.25) is 11.8 Å². The summed E-state index contributed by atoms with van der Waals surface area (Å²) in [4.78, 5) is 74.6. The van der Waals surface area contributed by atoms with E-state index in [0.29, 0.717) is 91.9 Å². The van der Waals surface area contributed by atoms with E-state index in [0.717, 1.165) is 94.0 Å². The van der Waals surface area contributed by atoms with Crippen molar-refractivity contribution in [1.29, 1.82) is 0 Å². The number of fused-ring (bicyclic) bond motifs is 4. The van der Waals surface area contributed by atoms with E-state index in [1.54, 1.807) is 30.8 Å². The number of imide groups is 1. The van der Waals surface area contributed by atoms with E-state index in [4.69, 9.17) is 24.2 Å². The van der Waals surface area contributed by atoms with Crippen LogP contribution < -0.4 is 20.6 Å². The van der Waals surface area contributed by atoms with Gasteiger partial charge < -0.3 is 28.9 Å². The van der Waals surface area contributed by atoms with Crippen molar-refractivity contribution in [2.24, 2.45) is 13.0 Å². The molecule has 6 aliphatic rings. The first-order valence-corrected chi connectivity index (χ1v) is 27.8. The van der Waals surface area contributed by atoms with Gasteiger partial charge in [0.25, 0.3) is 0 Å². The average molecular weight is 1070 g/mol. The highest BCUT2D eigenvalue weighted by atomic mass is 19.1. The maximum absolute atomic E-state index is 17.3. The van der Waals surface area contributed by atoms with Gasteiger partial charge in [-0.2, -0.15) is 9.97 Å². The van der Waals surface area contributed by atoms with Gasteiger partial charge >= 0.3 is 17.8 Å². The Morgan fingerprint density at radius 2 is 1.72 bits per heavy atom. The minimum atomic E-state index is -0.704. The smallest absolute Gasteiger partial charge is 0.409 e. The van der Waals surface area contributed by atoms with E-state index >= 15 is 8.78 Å². The molecule has 0 radical (unpaired) electrons. The lowest BCUT2D eigenvalue weighted by Gasteiger charge is -2.38. The summed E-state index contributed by atoms with van der Waals surface area (Å²) in [5, 5.41) is 4.04.